The van der Waals surface area contributed by atoms with Crippen molar-refractivity contribution in [3.63, 3.8) is 0 Å². The van der Waals surface area contributed by atoms with Crippen molar-refractivity contribution >= 4 is 16.5 Å². The Bertz CT molecular complexity index is 378. The Hall–Kier alpha value is -0.650. The maximum absolute atomic E-state index is 5.90. The van der Waals surface area contributed by atoms with Gasteiger partial charge in [-0.05, 0) is 27.8 Å². The zero-order chi connectivity index (χ0) is 12.5. The second-order valence-corrected chi connectivity index (χ2v) is 6.30. The smallest absolute Gasteiger partial charge is 0.185 e. The van der Waals surface area contributed by atoms with E-state index in [0.717, 1.165) is 24.8 Å². The van der Waals surface area contributed by atoms with Crippen LogP contribution in [0.1, 0.15) is 25.6 Å². The molecule has 0 saturated carbocycles. The van der Waals surface area contributed by atoms with E-state index in [1.165, 1.54) is 4.88 Å². The van der Waals surface area contributed by atoms with Gasteiger partial charge in [0, 0.05) is 30.7 Å². The first kappa shape index (κ1) is 12.8. The summed E-state index contributed by atoms with van der Waals surface area (Å²) in [6, 6.07) is 0. The maximum Gasteiger partial charge on any atom is 0.185 e. The Morgan fingerprint density at radius 1 is 1.65 bits per heavy atom. The lowest BCUT2D eigenvalue weighted by atomic mass is 10.1. The minimum absolute atomic E-state index is 0.0908. The van der Waals surface area contributed by atoms with E-state index in [0.29, 0.717) is 0 Å². The largest absolute Gasteiger partial charge is 0.369 e. The van der Waals surface area contributed by atoms with Crippen LogP contribution in [0.3, 0.4) is 0 Å². The molecule has 0 spiro atoms. The molecular formula is C12H21N3OS. The molecule has 2 rings (SSSR count). The van der Waals surface area contributed by atoms with E-state index in [9.17, 15) is 0 Å². The number of morpholine rings is 1. The quantitative estimate of drug-likeness (QED) is 0.894. The number of nitrogens with zero attached hydrogens (tertiary/aromatic N) is 2. The first-order valence-corrected chi connectivity index (χ1v) is 6.84. The van der Waals surface area contributed by atoms with Crippen molar-refractivity contribution in [2.45, 2.75) is 39.0 Å². The van der Waals surface area contributed by atoms with Gasteiger partial charge in [0.15, 0.2) is 5.13 Å². The number of aromatic nitrogens is 1. The van der Waals surface area contributed by atoms with Crippen molar-refractivity contribution in [2.24, 2.45) is 0 Å². The number of hydrogen-bond donors (Lipinski definition) is 1. The highest BCUT2D eigenvalue weighted by molar-refractivity contribution is 7.15. The van der Waals surface area contributed by atoms with Crippen LogP contribution in [-0.4, -0.2) is 36.8 Å². The molecule has 1 aromatic rings. The van der Waals surface area contributed by atoms with Gasteiger partial charge in [-0.1, -0.05) is 0 Å². The Kier molecular flexibility index (Phi) is 3.70. The first-order valence-electron chi connectivity index (χ1n) is 6.02. The molecular weight excluding hydrogens is 234 g/mol. The fraction of sp³-hybridized carbons (Fsp3) is 0.750. The van der Waals surface area contributed by atoms with Crippen molar-refractivity contribution in [1.82, 2.24) is 10.3 Å². The molecule has 1 saturated heterocycles. The van der Waals surface area contributed by atoms with Crippen LogP contribution in [0.15, 0.2) is 6.20 Å². The zero-order valence-electron chi connectivity index (χ0n) is 11.0. The number of thiazole rings is 1. The summed E-state index contributed by atoms with van der Waals surface area (Å²) in [6.45, 7) is 9.12. The summed E-state index contributed by atoms with van der Waals surface area (Å²) in [6.07, 6.45) is 2.22. The topological polar surface area (TPSA) is 37.4 Å². The van der Waals surface area contributed by atoms with Crippen LogP contribution in [-0.2, 0) is 11.3 Å². The molecule has 2 heterocycles. The average molecular weight is 255 g/mol. The Morgan fingerprint density at radius 3 is 3.06 bits per heavy atom. The molecule has 0 amide bonds. The molecule has 1 aliphatic rings. The third-order valence-electron chi connectivity index (χ3n) is 2.73. The van der Waals surface area contributed by atoms with Gasteiger partial charge < -0.3 is 15.0 Å². The molecule has 0 radical (unpaired) electrons. The van der Waals surface area contributed by atoms with Crippen molar-refractivity contribution in [2.75, 3.05) is 25.0 Å². The van der Waals surface area contributed by atoms with Gasteiger partial charge in [0.05, 0.1) is 11.7 Å². The monoisotopic (exact) mass is 255 g/mol. The van der Waals surface area contributed by atoms with Crippen molar-refractivity contribution in [3.8, 4) is 0 Å². The van der Waals surface area contributed by atoms with E-state index in [2.05, 4.69) is 36.0 Å². The number of ether oxygens (including phenoxy) is 1. The molecule has 1 atom stereocenters. The second kappa shape index (κ2) is 4.92. The molecule has 0 bridgehead atoms. The van der Waals surface area contributed by atoms with Crippen LogP contribution >= 0.6 is 11.3 Å². The summed E-state index contributed by atoms with van der Waals surface area (Å²) in [5.74, 6) is 0. The zero-order valence-corrected chi connectivity index (χ0v) is 11.8. The van der Waals surface area contributed by atoms with Crippen molar-refractivity contribution < 1.29 is 4.74 Å². The highest BCUT2D eigenvalue weighted by atomic mass is 32.1. The molecule has 0 aromatic carbocycles. The highest BCUT2D eigenvalue weighted by Crippen LogP contribution is 2.29. The summed E-state index contributed by atoms with van der Waals surface area (Å²) < 4.78 is 5.90. The third kappa shape index (κ3) is 3.18. The standard InChI is InChI=1S/C12H21N3OS/c1-9-7-15(8-12(2,3)16-9)11-14-6-10(17-11)5-13-4/h6,9,13H,5,7-8H2,1-4H3. The number of rotatable bonds is 3. The van der Waals surface area contributed by atoms with Gasteiger partial charge >= 0.3 is 0 Å². The van der Waals surface area contributed by atoms with Gasteiger partial charge in [0.2, 0.25) is 0 Å². The fourth-order valence-corrected chi connectivity index (χ4v) is 3.23. The molecule has 4 nitrogen and oxygen atoms in total. The molecule has 1 fully saturated rings. The van der Waals surface area contributed by atoms with Crippen LogP contribution in [0.2, 0.25) is 0 Å². The molecule has 1 N–H and O–H groups in total. The van der Waals surface area contributed by atoms with E-state index in [1.807, 2.05) is 13.2 Å². The summed E-state index contributed by atoms with van der Waals surface area (Å²) in [5, 5.41) is 4.26. The summed E-state index contributed by atoms with van der Waals surface area (Å²) >= 11 is 1.76. The minimum atomic E-state index is -0.0908. The SMILES string of the molecule is CNCc1cnc(N2CC(C)OC(C)(C)C2)s1. The summed E-state index contributed by atoms with van der Waals surface area (Å²) in [5.41, 5.74) is -0.0908. The molecule has 1 aromatic heterocycles. The van der Waals surface area contributed by atoms with E-state index in [-0.39, 0.29) is 11.7 Å². The van der Waals surface area contributed by atoms with Crippen LogP contribution in [0.4, 0.5) is 5.13 Å². The third-order valence-corrected chi connectivity index (χ3v) is 3.79. The lowest BCUT2D eigenvalue weighted by Crippen LogP contribution is -2.52. The van der Waals surface area contributed by atoms with E-state index < -0.39 is 0 Å². The fourth-order valence-electron chi connectivity index (χ4n) is 2.30. The molecule has 17 heavy (non-hydrogen) atoms. The lowest BCUT2D eigenvalue weighted by molar-refractivity contribution is -0.0749. The molecule has 0 aliphatic carbocycles. The van der Waals surface area contributed by atoms with Gasteiger partial charge in [0.25, 0.3) is 0 Å². The van der Waals surface area contributed by atoms with E-state index in [1.54, 1.807) is 11.3 Å². The van der Waals surface area contributed by atoms with E-state index >= 15 is 0 Å². The summed E-state index contributed by atoms with van der Waals surface area (Å²) in [7, 11) is 1.96. The molecule has 5 heteroatoms. The van der Waals surface area contributed by atoms with Gasteiger partial charge in [-0.3, -0.25) is 0 Å². The molecule has 96 valence electrons. The van der Waals surface area contributed by atoms with Crippen LogP contribution in [0.5, 0.6) is 0 Å². The van der Waals surface area contributed by atoms with Crippen LogP contribution in [0.25, 0.3) is 0 Å². The maximum atomic E-state index is 5.90. The van der Waals surface area contributed by atoms with Crippen molar-refractivity contribution in [1.29, 1.82) is 0 Å². The minimum Gasteiger partial charge on any atom is -0.369 e. The van der Waals surface area contributed by atoms with Gasteiger partial charge in [0.1, 0.15) is 0 Å². The average Bonchev–Trinajstić information content (AvgIpc) is 2.63. The number of nitrogens with one attached hydrogen (secondary N) is 1. The summed E-state index contributed by atoms with van der Waals surface area (Å²) in [4.78, 5) is 8.12. The Labute approximate surface area is 107 Å². The Balaban J connectivity index is 2.10. The molecule has 1 aliphatic heterocycles. The normalized spacial score (nSPS) is 24.0. The van der Waals surface area contributed by atoms with Crippen LogP contribution in [0, 0.1) is 0 Å². The highest BCUT2D eigenvalue weighted by Gasteiger charge is 2.32. The van der Waals surface area contributed by atoms with E-state index in [4.69, 9.17) is 4.74 Å². The first-order chi connectivity index (χ1) is 8.00. The van der Waals surface area contributed by atoms with Crippen molar-refractivity contribution in [3.05, 3.63) is 11.1 Å². The molecule has 1 unspecified atom stereocenters. The lowest BCUT2D eigenvalue weighted by Gasteiger charge is -2.41. The number of anilines is 1. The predicted octanol–water partition coefficient (Wildman–Crippen LogP) is 1.87. The Morgan fingerprint density at radius 2 is 2.41 bits per heavy atom. The van der Waals surface area contributed by atoms with Gasteiger partial charge in [-0.2, -0.15) is 0 Å². The van der Waals surface area contributed by atoms with Crippen LogP contribution < -0.4 is 10.2 Å². The second-order valence-electron chi connectivity index (χ2n) is 5.21. The predicted molar refractivity (Wildman–Crippen MR) is 71.7 cm³/mol. The van der Waals surface area contributed by atoms with Gasteiger partial charge in [-0.15, -0.1) is 11.3 Å². The van der Waals surface area contributed by atoms with Gasteiger partial charge in [-0.25, -0.2) is 4.98 Å². The number of hydrogen-bond acceptors (Lipinski definition) is 5.